The Labute approximate surface area is 90.6 Å². The molecule has 0 aliphatic heterocycles. The third kappa shape index (κ3) is 2.55. The van der Waals surface area contributed by atoms with Crippen molar-refractivity contribution in [1.82, 2.24) is 0 Å². The van der Waals surface area contributed by atoms with Gasteiger partial charge < -0.3 is 10.2 Å². The van der Waals surface area contributed by atoms with Crippen LogP contribution in [0.3, 0.4) is 0 Å². The van der Waals surface area contributed by atoms with Gasteiger partial charge in [-0.1, -0.05) is 11.6 Å². The van der Waals surface area contributed by atoms with Crippen LogP contribution in [-0.4, -0.2) is 28.0 Å². The predicted molar refractivity (Wildman–Crippen MR) is 49.8 cm³/mol. The topological polar surface area (TPSA) is 57.5 Å². The molecule has 0 unspecified atom stereocenters. The number of carboxylic acid groups (broad SMARTS) is 1. The number of alkyl halides is 3. The number of rotatable bonds is 3. The van der Waals surface area contributed by atoms with Crippen molar-refractivity contribution in [3.63, 3.8) is 0 Å². The molecule has 0 heterocycles. The molecule has 2 N–H and O–H groups in total. The van der Waals surface area contributed by atoms with E-state index in [0.717, 1.165) is 12.8 Å². The first-order valence-electron chi connectivity index (χ1n) is 4.98. The molecule has 0 bridgehead atoms. The quantitative estimate of drug-likeness (QED) is 0.741. The van der Waals surface area contributed by atoms with E-state index in [9.17, 15) is 23.1 Å². The van der Waals surface area contributed by atoms with Gasteiger partial charge in [-0.05, 0) is 25.7 Å². The van der Waals surface area contributed by atoms with Crippen LogP contribution in [0.1, 0.15) is 32.1 Å². The van der Waals surface area contributed by atoms with E-state index >= 15 is 0 Å². The van der Waals surface area contributed by atoms with E-state index in [1.54, 1.807) is 6.08 Å². The highest BCUT2D eigenvalue weighted by Crippen LogP contribution is 2.37. The van der Waals surface area contributed by atoms with E-state index in [0.29, 0.717) is 18.4 Å². The second-order valence-electron chi connectivity index (χ2n) is 3.95. The number of hydrogen-bond acceptors (Lipinski definition) is 2. The summed E-state index contributed by atoms with van der Waals surface area (Å²) in [5.41, 5.74) is -3.29. The average Bonchev–Trinajstić information content (AvgIpc) is 2.17. The molecular weight excluding hydrogens is 225 g/mol. The first-order valence-corrected chi connectivity index (χ1v) is 4.98. The van der Waals surface area contributed by atoms with E-state index in [4.69, 9.17) is 5.11 Å². The first-order chi connectivity index (χ1) is 7.27. The van der Waals surface area contributed by atoms with E-state index < -0.39 is 24.2 Å². The maximum Gasteiger partial charge on any atom is 0.428 e. The lowest BCUT2D eigenvalue weighted by Gasteiger charge is -2.28. The largest absolute Gasteiger partial charge is 0.479 e. The van der Waals surface area contributed by atoms with E-state index in [-0.39, 0.29) is 0 Å². The first kappa shape index (κ1) is 13.0. The Hall–Kier alpha value is -1.04. The number of carbonyl (C=O) groups is 1. The summed E-state index contributed by atoms with van der Waals surface area (Å²) in [6.45, 7) is 0. The van der Waals surface area contributed by atoms with Crippen molar-refractivity contribution < 1.29 is 28.2 Å². The highest BCUT2D eigenvalue weighted by molar-refractivity contribution is 5.78. The average molecular weight is 238 g/mol. The summed E-state index contributed by atoms with van der Waals surface area (Å²) in [6.07, 6.45) is -1.75. The molecule has 0 saturated heterocycles. The van der Waals surface area contributed by atoms with Crippen molar-refractivity contribution in [1.29, 1.82) is 0 Å². The lowest BCUT2D eigenvalue weighted by atomic mass is 9.88. The van der Waals surface area contributed by atoms with Crippen molar-refractivity contribution in [3.8, 4) is 0 Å². The van der Waals surface area contributed by atoms with Crippen molar-refractivity contribution in [2.24, 2.45) is 0 Å². The van der Waals surface area contributed by atoms with Crippen molar-refractivity contribution in [2.45, 2.75) is 43.9 Å². The van der Waals surface area contributed by atoms with Gasteiger partial charge in [0.25, 0.3) is 5.60 Å². The summed E-state index contributed by atoms with van der Waals surface area (Å²) in [5.74, 6) is -2.24. The third-order valence-corrected chi connectivity index (χ3v) is 2.69. The zero-order valence-corrected chi connectivity index (χ0v) is 8.55. The van der Waals surface area contributed by atoms with Gasteiger partial charge in [0.05, 0.1) is 0 Å². The molecular formula is C10H13F3O3. The van der Waals surface area contributed by atoms with E-state index in [2.05, 4.69) is 0 Å². The zero-order valence-electron chi connectivity index (χ0n) is 8.55. The van der Waals surface area contributed by atoms with Gasteiger partial charge in [-0.25, -0.2) is 4.79 Å². The fourth-order valence-corrected chi connectivity index (χ4v) is 1.69. The smallest absolute Gasteiger partial charge is 0.428 e. The maximum absolute atomic E-state index is 12.5. The van der Waals surface area contributed by atoms with Crippen molar-refractivity contribution >= 4 is 5.97 Å². The molecule has 0 aromatic carbocycles. The number of allylic oxidation sites excluding steroid dienone is 1. The summed E-state index contributed by atoms with van der Waals surface area (Å²) in [6, 6.07) is 0. The molecule has 0 amide bonds. The zero-order chi connectivity index (χ0) is 12.4. The van der Waals surface area contributed by atoms with Gasteiger partial charge in [0.1, 0.15) is 0 Å². The SMILES string of the molecule is O=C(O)[C@@](O)(CC1=CCCCC1)C(F)(F)F. The molecule has 16 heavy (non-hydrogen) atoms. The van der Waals surface area contributed by atoms with Crippen LogP contribution in [0.5, 0.6) is 0 Å². The van der Waals surface area contributed by atoms with E-state index in [1.165, 1.54) is 0 Å². The Morgan fingerprint density at radius 2 is 2.00 bits per heavy atom. The predicted octanol–water partition coefficient (Wildman–Crippen LogP) is 2.25. The van der Waals surface area contributed by atoms with Gasteiger partial charge >= 0.3 is 12.1 Å². The molecule has 0 aromatic rings. The third-order valence-electron chi connectivity index (χ3n) is 2.69. The summed E-state index contributed by atoms with van der Waals surface area (Å²) >= 11 is 0. The number of carboxylic acids is 1. The van der Waals surface area contributed by atoms with Crippen LogP contribution in [-0.2, 0) is 4.79 Å². The Morgan fingerprint density at radius 3 is 2.38 bits per heavy atom. The van der Waals surface area contributed by atoms with Crippen LogP contribution in [0, 0.1) is 0 Å². The lowest BCUT2D eigenvalue weighted by molar-refractivity contribution is -0.259. The minimum atomic E-state index is -5.16. The fraction of sp³-hybridized carbons (Fsp3) is 0.700. The highest BCUT2D eigenvalue weighted by Gasteiger charge is 2.60. The minimum absolute atomic E-state index is 0.369. The van der Waals surface area contributed by atoms with Crippen LogP contribution in [0.2, 0.25) is 0 Å². The molecule has 1 atom stereocenters. The summed E-state index contributed by atoms with van der Waals surface area (Å²) in [5, 5.41) is 17.7. The van der Waals surface area contributed by atoms with Crippen LogP contribution in [0.25, 0.3) is 0 Å². The van der Waals surface area contributed by atoms with Crippen LogP contribution in [0.15, 0.2) is 11.6 Å². The monoisotopic (exact) mass is 238 g/mol. The van der Waals surface area contributed by atoms with Gasteiger partial charge in [-0.3, -0.25) is 0 Å². The van der Waals surface area contributed by atoms with Gasteiger partial charge in [-0.15, -0.1) is 0 Å². The number of aliphatic carboxylic acids is 1. The van der Waals surface area contributed by atoms with Crippen molar-refractivity contribution in [2.75, 3.05) is 0 Å². The Morgan fingerprint density at radius 1 is 1.38 bits per heavy atom. The number of aliphatic hydroxyl groups is 1. The Balaban J connectivity index is 2.87. The molecule has 0 radical (unpaired) electrons. The van der Waals surface area contributed by atoms with Gasteiger partial charge in [0, 0.05) is 6.42 Å². The molecule has 0 spiro atoms. The second-order valence-corrected chi connectivity index (χ2v) is 3.95. The number of halogens is 3. The van der Waals surface area contributed by atoms with Crippen LogP contribution < -0.4 is 0 Å². The molecule has 1 aliphatic carbocycles. The molecule has 1 aliphatic rings. The minimum Gasteiger partial charge on any atom is -0.479 e. The molecule has 0 aromatic heterocycles. The van der Waals surface area contributed by atoms with Gasteiger partial charge in [0.15, 0.2) is 0 Å². The molecule has 6 heteroatoms. The summed E-state index contributed by atoms with van der Waals surface area (Å²) in [7, 11) is 0. The second kappa shape index (κ2) is 4.45. The van der Waals surface area contributed by atoms with Gasteiger partial charge in [0.2, 0.25) is 0 Å². The fourth-order valence-electron chi connectivity index (χ4n) is 1.69. The Kier molecular flexibility index (Phi) is 3.62. The summed E-state index contributed by atoms with van der Waals surface area (Å²) < 4.78 is 37.4. The summed E-state index contributed by atoms with van der Waals surface area (Å²) in [4.78, 5) is 10.5. The molecule has 3 nitrogen and oxygen atoms in total. The molecule has 1 rings (SSSR count). The number of hydrogen-bond donors (Lipinski definition) is 2. The van der Waals surface area contributed by atoms with E-state index in [1.807, 2.05) is 0 Å². The maximum atomic E-state index is 12.5. The molecule has 0 saturated carbocycles. The Bertz CT molecular complexity index is 309. The molecule has 92 valence electrons. The van der Waals surface area contributed by atoms with Crippen LogP contribution in [0.4, 0.5) is 13.2 Å². The highest BCUT2D eigenvalue weighted by atomic mass is 19.4. The normalized spacial score (nSPS) is 21.1. The molecule has 0 fully saturated rings. The lowest BCUT2D eigenvalue weighted by Crippen LogP contribution is -2.52. The van der Waals surface area contributed by atoms with Gasteiger partial charge in [-0.2, -0.15) is 13.2 Å². The van der Waals surface area contributed by atoms with Crippen LogP contribution >= 0.6 is 0 Å². The van der Waals surface area contributed by atoms with Crippen molar-refractivity contribution in [3.05, 3.63) is 11.6 Å². The standard InChI is InChI=1S/C10H13F3O3/c11-10(12,13)9(16,8(14)15)6-7-4-2-1-3-5-7/h4,16H,1-3,5-6H2,(H,14,15)/t9-/m0/s1.